The minimum atomic E-state index is 0.00155. The molecule has 1 aliphatic carbocycles. The molecule has 0 saturated heterocycles. The number of benzene rings is 1. The molecule has 0 bridgehead atoms. The molecular formula is C18H22ClNO2. The number of carbonyl (C=O) groups excluding carboxylic acids is 1. The fraction of sp³-hybridized carbons (Fsp3) is 0.500. The van der Waals surface area contributed by atoms with Gasteiger partial charge in [0.2, 0.25) is 0 Å². The number of hydrogen-bond acceptors (Lipinski definition) is 2. The molecule has 0 radical (unpaired) electrons. The second-order valence-electron chi connectivity index (χ2n) is 6.11. The van der Waals surface area contributed by atoms with Gasteiger partial charge in [-0.25, -0.2) is 0 Å². The molecule has 0 unspecified atom stereocenters. The highest BCUT2D eigenvalue weighted by atomic mass is 35.5. The summed E-state index contributed by atoms with van der Waals surface area (Å²) in [5, 5.41) is 1.91. The summed E-state index contributed by atoms with van der Waals surface area (Å²) in [6.07, 6.45) is 9.33. The first-order chi connectivity index (χ1) is 10.7. The maximum atomic E-state index is 12.0. The third-order valence-corrected chi connectivity index (χ3v) is 4.74. The maximum Gasteiger partial charge on any atom is 0.308 e. The summed E-state index contributed by atoms with van der Waals surface area (Å²) in [4.78, 5) is 15.2. The molecule has 0 aliphatic heterocycles. The van der Waals surface area contributed by atoms with Crippen molar-refractivity contribution in [3.63, 3.8) is 0 Å². The molecule has 0 atom stereocenters. The van der Waals surface area contributed by atoms with Crippen LogP contribution in [0.2, 0.25) is 5.02 Å². The van der Waals surface area contributed by atoms with Gasteiger partial charge >= 0.3 is 5.97 Å². The van der Waals surface area contributed by atoms with Crippen LogP contribution in [-0.4, -0.2) is 17.6 Å². The summed E-state index contributed by atoms with van der Waals surface area (Å²) < 4.78 is 5.44. The average molecular weight is 320 g/mol. The zero-order valence-corrected chi connectivity index (χ0v) is 13.5. The Morgan fingerprint density at radius 1 is 1.27 bits per heavy atom. The van der Waals surface area contributed by atoms with Crippen molar-refractivity contribution in [1.82, 2.24) is 4.98 Å². The summed E-state index contributed by atoms with van der Waals surface area (Å²) in [6.45, 7) is 0.503. The molecular weight excluding hydrogens is 298 g/mol. The summed E-state index contributed by atoms with van der Waals surface area (Å²) in [5.74, 6) is 0.141. The molecule has 1 heterocycles. The smallest absolute Gasteiger partial charge is 0.308 e. The summed E-state index contributed by atoms with van der Waals surface area (Å²) in [5.41, 5.74) is 2.32. The molecule has 0 spiro atoms. The van der Waals surface area contributed by atoms with Gasteiger partial charge in [0.1, 0.15) is 0 Å². The zero-order valence-electron chi connectivity index (χ0n) is 12.7. The second-order valence-corrected chi connectivity index (χ2v) is 6.55. The monoisotopic (exact) mass is 319 g/mol. The lowest BCUT2D eigenvalue weighted by Gasteiger charge is -2.19. The van der Waals surface area contributed by atoms with Gasteiger partial charge in [-0.2, -0.15) is 0 Å². The third-order valence-electron chi connectivity index (χ3n) is 4.50. The van der Waals surface area contributed by atoms with Gasteiger partial charge in [-0.05, 0) is 49.4 Å². The number of ether oxygens (including phenoxy) is 1. The lowest BCUT2D eigenvalue weighted by Crippen LogP contribution is -2.20. The van der Waals surface area contributed by atoms with Crippen LogP contribution < -0.4 is 0 Å². The van der Waals surface area contributed by atoms with Crippen LogP contribution in [0.3, 0.4) is 0 Å². The number of nitrogens with one attached hydrogen (secondary N) is 1. The minimum absolute atomic E-state index is 0.00155. The Morgan fingerprint density at radius 2 is 2.09 bits per heavy atom. The van der Waals surface area contributed by atoms with Crippen LogP contribution in [0.25, 0.3) is 10.9 Å². The molecule has 1 saturated carbocycles. The van der Waals surface area contributed by atoms with Crippen LogP contribution in [-0.2, 0) is 16.0 Å². The summed E-state index contributed by atoms with van der Waals surface area (Å²) in [7, 11) is 0. The van der Waals surface area contributed by atoms with Gasteiger partial charge in [0, 0.05) is 22.1 Å². The number of fused-ring (bicyclic) bond motifs is 1. The Hall–Kier alpha value is -1.48. The van der Waals surface area contributed by atoms with Crippen LogP contribution in [0.1, 0.15) is 44.1 Å². The minimum Gasteiger partial charge on any atom is -0.465 e. The van der Waals surface area contributed by atoms with Gasteiger partial charge < -0.3 is 9.72 Å². The van der Waals surface area contributed by atoms with Gasteiger partial charge in [0.15, 0.2) is 0 Å². The van der Waals surface area contributed by atoms with E-state index in [1.165, 1.54) is 12.0 Å². The molecule has 3 rings (SSSR count). The predicted molar refractivity (Wildman–Crippen MR) is 89.2 cm³/mol. The normalized spacial score (nSPS) is 16.0. The van der Waals surface area contributed by atoms with E-state index in [0.717, 1.165) is 54.5 Å². The van der Waals surface area contributed by atoms with E-state index in [0.29, 0.717) is 6.61 Å². The topological polar surface area (TPSA) is 42.1 Å². The SMILES string of the molecule is O=C(OCCCc1c[nH]c2ccc(Cl)cc12)C1CCCCC1. The number of H-pyrrole nitrogens is 1. The standard InChI is InChI=1S/C18H22ClNO2/c19-15-8-9-17-16(11-15)14(12-20-17)7-4-10-22-18(21)13-5-2-1-3-6-13/h8-9,11-13,20H,1-7,10H2. The molecule has 22 heavy (non-hydrogen) atoms. The molecule has 3 nitrogen and oxygen atoms in total. The van der Waals surface area contributed by atoms with Gasteiger partial charge in [-0.15, -0.1) is 0 Å². The molecule has 118 valence electrons. The zero-order chi connectivity index (χ0) is 15.4. The van der Waals surface area contributed by atoms with Gasteiger partial charge in [-0.1, -0.05) is 30.9 Å². The summed E-state index contributed by atoms with van der Waals surface area (Å²) >= 11 is 6.05. The van der Waals surface area contributed by atoms with Crippen LogP contribution in [0.15, 0.2) is 24.4 Å². The highest BCUT2D eigenvalue weighted by Gasteiger charge is 2.22. The molecule has 1 N–H and O–H groups in total. The number of halogens is 1. The van der Waals surface area contributed by atoms with Crippen molar-refractivity contribution in [3.8, 4) is 0 Å². The van der Waals surface area contributed by atoms with Gasteiger partial charge in [0.05, 0.1) is 12.5 Å². The number of hydrogen-bond donors (Lipinski definition) is 1. The molecule has 1 fully saturated rings. The number of rotatable bonds is 5. The Balaban J connectivity index is 1.48. The van der Waals surface area contributed by atoms with Crippen LogP contribution in [0.5, 0.6) is 0 Å². The lowest BCUT2D eigenvalue weighted by molar-refractivity contribution is -0.149. The highest BCUT2D eigenvalue weighted by molar-refractivity contribution is 6.31. The Kier molecular flexibility index (Phi) is 5.04. The van der Waals surface area contributed by atoms with Crippen molar-refractivity contribution in [1.29, 1.82) is 0 Å². The van der Waals surface area contributed by atoms with Gasteiger partial charge in [0.25, 0.3) is 0 Å². The van der Waals surface area contributed by atoms with Crippen molar-refractivity contribution in [2.24, 2.45) is 5.92 Å². The molecule has 1 aliphatic rings. The van der Waals surface area contributed by atoms with Crippen LogP contribution in [0, 0.1) is 5.92 Å². The average Bonchev–Trinajstić information content (AvgIpc) is 2.94. The first-order valence-electron chi connectivity index (χ1n) is 8.16. The van der Waals surface area contributed by atoms with Crippen molar-refractivity contribution in [3.05, 3.63) is 35.0 Å². The van der Waals surface area contributed by atoms with E-state index in [-0.39, 0.29) is 11.9 Å². The van der Waals surface area contributed by atoms with E-state index < -0.39 is 0 Å². The van der Waals surface area contributed by atoms with Crippen molar-refractivity contribution >= 4 is 28.5 Å². The Labute approximate surface area is 136 Å². The number of esters is 1. The predicted octanol–water partition coefficient (Wildman–Crippen LogP) is 4.88. The van der Waals surface area contributed by atoms with E-state index in [1.54, 1.807) is 0 Å². The molecule has 2 aromatic rings. The number of aromatic nitrogens is 1. The Morgan fingerprint density at radius 3 is 2.91 bits per heavy atom. The highest BCUT2D eigenvalue weighted by Crippen LogP contribution is 2.25. The second kappa shape index (κ2) is 7.19. The first-order valence-corrected chi connectivity index (χ1v) is 8.54. The van der Waals surface area contributed by atoms with E-state index in [9.17, 15) is 4.79 Å². The first kappa shape index (κ1) is 15.4. The van der Waals surface area contributed by atoms with E-state index >= 15 is 0 Å². The van der Waals surface area contributed by atoms with E-state index in [1.807, 2.05) is 24.4 Å². The number of carbonyl (C=O) groups is 1. The fourth-order valence-electron chi connectivity index (χ4n) is 3.25. The van der Waals surface area contributed by atoms with Crippen LogP contribution in [0.4, 0.5) is 0 Å². The van der Waals surface area contributed by atoms with Crippen molar-refractivity contribution in [2.45, 2.75) is 44.9 Å². The van der Waals surface area contributed by atoms with Crippen molar-refractivity contribution in [2.75, 3.05) is 6.61 Å². The maximum absolute atomic E-state index is 12.0. The molecule has 4 heteroatoms. The number of aryl methyl sites for hydroxylation is 1. The third kappa shape index (κ3) is 3.64. The summed E-state index contributed by atoms with van der Waals surface area (Å²) in [6, 6.07) is 5.86. The van der Waals surface area contributed by atoms with Crippen molar-refractivity contribution < 1.29 is 9.53 Å². The number of aromatic amines is 1. The van der Waals surface area contributed by atoms with E-state index in [4.69, 9.17) is 16.3 Å². The molecule has 0 amide bonds. The Bertz CT molecular complexity index is 644. The van der Waals surface area contributed by atoms with E-state index in [2.05, 4.69) is 4.98 Å². The lowest BCUT2D eigenvalue weighted by atomic mass is 9.89. The largest absolute Gasteiger partial charge is 0.465 e. The molecule has 1 aromatic heterocycles. The quantitative estimate of drug-likeness (QED) is 0.630. The van der Waals surface area contributed by atoms with Gasteiger partial charge in [-0.3, -0.25) is 4.79 Å². The fourth-order valence-corrected chi connectivity index (χ4v) is 3.42. The molecule has 1 aromatic carbocycles. The van der Waals surface area contributed by atoms with Crippen LogP contribution >= 0.6 is 11.6 Å².